The van der Waals surface area contributed by atoms with E-state index >= 15 is 0 Å². The summed E-state index contributed by atoms with van der Waals surface area (Å²) in [4.78, 5) is 24.7. The lowest BCUT2D eigenvalue weighted by atomic mass is 10.0. The van der Waals surface area contributed by atoms with Gasteiger partial charge < -0.3 is 16.4 Å². The molecule has 6 heteroatoms. The number of hydrogen-bond acceptors (Lipinski definition) is 3. The van der Waals surface area contributed by atoms with Gasteiger partial charge in [-0.05, 0) is 36.8 Å². The topological polar surface area (TPSA) is 84.2 Å². The molecule has 1 fully saturated rings. The highest BCUT2D eigenvalue weighted by Crippen LogP contribution is 2.32. The first-order valence-corrected chi connectivity index (χ1v) is 7.99. The van der Waals surface area contributed by atoms with Crippen molar-refractivity contribution in [2.75, 3.05) is 6.54 Å². The molecule has 0 saturated heterocycles. The van der Waals surface area contributed by atoms with Crippen molar-refractivity contribution in [2.24, 2.45) is 17.6 Å². The number of halogens is 1. The molecular weight excluding hydrogens is 297 g/mol. The van der Waals surface area contributed by atoms with Crippen molar-refractivity contribution >= 4 is 11.8 Å². The van der Waals surface area contributed by atoms with Gasteiger partial charge in [-0.25, -0.2) is 4.39 Å². The summed E-state index contributed by atoms with van der Waals surface area (Å²) in [5.41, 5.74) is 5.63. The molecule has 126 valence electrons. The van der Waals surface area contributed by atoms with Gasteiger partial charge in [-0.1, -0.05) is 26.0 Å². The molecule has 2 unspecified atom stereocenters. The van der Waals surface area contributed by atoms with Crippen LogP contribution in [0.4, 0.5) is 4.39 Å². The Hall–Kier alpha value is -1.95. The van der Waals surface area contributed by atoms with Crippen LogP contribution in [-0.4, -0.2) is 30.4 Å². The number of rotatable bonds is 7. The Morgan fingerprint density at radius 2 is 1.91 bits per heavy atom. The summed E-state index contributed by atoms with van der Waals surface area (Å²) in [5.74, 6) is -1.16. The molecule has 1 aromatic carbocycles. The summed E-state index contributed by atoms with van der Waals surface area (Å²) >= 11 is 0. The molecule has 4 N–H and O–H groups in total. The van der Waals surface area contributed by atoms with Gasteiger partial charge in [0.1, 0.15) is 11.9 Å². The van der Waals surface area contributed by atoms with E-state index in [9.17, 15) is 14.0 Å². The zero-order chi connectivity index (χ0) is 17.0. The van der Waals surface area contributed by atoms with Gasteiger partial charge in [0.2, 0.25) is 5.91 Å². The van der Waals surface area contributed by atoms with Crippen LogP contribution in [-0.2, 0) is 4.79 Å². The standard InChI is InChI=1S/C17H24FN3O2/c1-10(2)15(17(23)20-14(9-19)11-7-8-11)21-16(22)12-5-3-4-6-13(12)18/h3-6,10-11,14-15H,7-9,19H2,1-2H3,(H,20,23)(H,21,22). The quantitative estimate of drug-likeness (QED) is 0.710. The molecule has 0 heterocycles. The van der Waals surface area contributed by atoms with E-state index in [0.29, 0.717) is 12.5 Å². The lowest BCUT2D eigenvalue weighted by molar-refractivity contribution is -0.124. The lowest BCUT2D eigenvalue weighted by Gasteiger charge is -2.25. The summed E-state index contributed by atoms with van der Waals surface area (Å²) in [6.45, 7) is 4.05. The van der Waals surface area contributed by atoms with Crippen LogP contribution < -0.4 is 16.4 Å². The molecule has 1 aliphatic rings. The maximum atomic E-state index is 13.7. The lowest BCUT2D eigenvalue weighted by Crippen LogP contribution is -2.54. The van der Waals surface area contributed by atoms with Crippen LogP contribution in [0.2, 0.25) is 0 Å². The molecule has 0 aromatic heterocycles. The van der Waals surface area contributed by atoms with Crippen LogP contribution in [0.3, 0.4) is 0 Å². The smallest absolute Gasteiger partial charge is 0.254 e. The Morgan fingerprint density at radius 3 is 2.43 bits per heavy atom. The zero-order valence-electron chi connectivity index (χ0n) is 13.5. The Balaban J connectivity index is 2.04. The fourth-order valence-corrected chi connectivity index (χ4v) is 2.54. The maximum absolute atomic E-state index is 13.7. The molecule has 1 saturated carbocycles. The molecule has 2 atom stereocenters. The number of nitrogens with one attached hydrogen (secondary N) is 2. The SMILES string of the molecule is CC(C)C(NC(=O)c1ccccc1F)C(=O)NC(CN)C1CC1. The number of benzene rings is 1. The van der Waals surface area contributed by atoms with Crippen LogP contribution in [0.5, 0.6) is 0 Å². The molecule has 2 amide bonds. The van der Waals surface area contributed by atoms with E-state index in [-0.39, 0.29) is 23.4 Å². The normalized spacial score (nSPS) is 16.7. The van der Waals surface area contributed by atoms with Crippen molar-refractivity contribution in [1.82, 2.24) is 10.6 Å². The molecule has 0 aliphatic heterocycles. The second-order valence-corrected chi connectivity index (χ2v) is 6.36. The van der Waals surface area contributed by atoms with Crippen molar-refractivity contribution in [2.45, 2.75) is 38.8 Å². The Kier molecular flexibility index (Phi) is 5.71. The largest absolute Gasteiger partial charge is 0.350 e. The number of amides is 2. The van der Waals surface area contributed by atoms with Crippen LogP contribution in [0.15, 0.2) is 24.3 Å². The Bertz CT molecular complexity index is 573. The molecule has 1 aromatic rings. The third-order valence-corrected chi connectivity index (χ3v) is 4.13. The van der Waals surface area contributed by atoms with Crippen LogP contribution in [0.25, 0.3) is 0 Å². The third kappa shape index (κ3) is 4.51. The monoisotopic (exact) mass is 321 g/mol. The summed E-state index contributed by atoms with van der Waals surface area (Å²) in [5, 5.41) is 5.54. The minimum Gasteiger partial charge on any atom is -0.350 e. The van der Waals surface area contributed by atoms with Gasteiger partial charge in [-0.2, -0.15) is 0 Å². The predicted molar refractivity (Wildman–Crippen MR) is 86.2 cm³/mol. The van der Waals surface area contributed by atoms with E-state index < -0.39 is 17.8 Å². The van der Waals surface area contributed by atoms with Gasteiger partial charge in [0.05, 0.1) is 5.56 Å². The zero-order valence-corrected chi connectivity index (χ0v) is 13.5. The van der Waals surface area contributed by atoms with Crippen LogP contribution >= 0.6 is 0 Å². The molecule has 2 rings (SSSR count). The molecule has 1 aliphatic carbocycles. The van der Waals surface area contributed by atoms with Gasteiger partial charge in [0.15, 0.2) is 0 Å². The second-order valence-electron chi connectivity index (χ2n) is 6.36. The first kappa shape index (κ1) is 17.4. The number of carbonyl (C=O) groups is 2. The Morgan fingerprint density at radius 1 is 1.26 bits per heavy atom. The maximum Gasteiger partial charge on any atom is 0.254 e. The Labute approximate surface area is 135 Å². The van der Waals surface area contributed by atoms with E-state index in [0.717, 1.165) is 12.8 Å². The molecule has 0 bridgehead atoms. The van der Waals surface area contributed by atoms with Gasteiger partial charge in [-0.15, -0.1) is 0 Å². The minimum atomic E-state index is -0.727. The summed E-state index contributed by atoms with van der Waals surface area (Å²) in [6, 6.07) is 4.92. The first-order chi connectivity index (χ1) is 10.9. The van der Waals surface area contributed by atoms with Crippen molar-refractivity contribution in [3.05, 3.63) is 35.6 Å². The summed E-state index contributed by atoms with van der Waals surface area (Å²) in [6.07, 6.45) is 2.13. The highest BCUT2D eigenvalue weighted by molar-refractivity contribution is 5.97. The van der Waals surface area contributed by atoms with Gasteiger partial charge in [0.25, 0.3) is 5.91 Å². The number of carbonyl (C=O) groups excluding carboxylic acids is 2. The average molecular weight is 321 g/mol. The third-order valence-electron chi connectivity index (χ3n) is 4.13. The highest BCUT2D eigenvalue weighted by Gasteiger charge is 2.34. The second kappa shape index (κ2) is 7.55. The average Bonchev–Trinajstić information content (AvgIpc) is 3.34. The van der Waals surface area contributed by atoms with Crippen LogP contribution in [0, 0.1) is 17.7 Å². The minimum absolute atomic E-state index is 0.0610. The van der Waals surface area contributed by atoms with Crippen molar-refractivity contribution < 1.29 is 14.0 Å². The van der Waals surface area contributed by atoms with E-state index in [1.165, 1.54) is 18.2 Å². The molecule has 0 radical (unpaired) electrons. The van der Waals surface area contributed by atoms with Crippen molar-refractivity contribution in [1.29, 1.82) is 0 Å². The number of hydrogen-bond donors (Lipinski definition) is 3. The van der Waals surface area contributed by atoms with Crippen molar-refractivity contribution in [3.63, 3.8) is 0 Å². The fraction of sp³-hybridized carbons (Fsp3) is 0.529. The summed E-state index contributed by atoms with van der Waals surface area (Å²) in [7, 11) is 0. The molecule has 5 nitrogen and oxygen atoms in total. The van der Waals surface area contributed by atoms with Gasteiger partial charge in [0, 0.05) is 12.6 Å². The van der Waals surface area contributed by atoms with E-state index in [1.54, 1.807) is 6.07 Å². The first-order valence-electron chi connectivity index (χ1n) is 7.99. The van der Waals surface area contributed by atoms with E-state index in [4.69, 9.17) is 5.73 Å². The predicted octanol–water partition coefficient (Wildman–Crippen LogP) is 1.43. The number of nitrogens with two attached hydrogens (primary N) is 1. The molecule has 23 heavy (non-hydrogen) atoms. The highest BCUT2D eigenvalue weighted by atomic mass is 19.1. The van der Waals surface area contributed by atoms with Crippen LogP contribution in [0.1, 0.15) is 37.0 Å². The van der Waals surface area contributed by atoms with E-state index in [1.807, 2.05) is 13.8 Å². The van der Waals surface area contributed by atoms with Crippen molar-refractivity contribution in [3.8, 4) is 0 Å². The summed E-state index contributed by atoms with van der Waals surface area (Å²) < 4.78 is 13.7. The van der Waals surface area contributed by atoms with Gasteiger partial charge >= 0.3 is 0 Å². The molecular formula is C17H24FN3O2. The van der Waals surface area contributed by atoms with E-state index in [2.05, 4.69) is 10.6 Å². The fourth-order valence-electron chi connectivity index (χ4n) is 2.54. The molecule has 0 spiro atoms. The van der Waals surface area contributed by atoms with Gasteiger partial charge in [-0.3, -0.25) is 9.59 Å².